The molecule has 0 aliphatic rings. The average Bonchev–Trinajstić information content (AvgIpc) is 3.04. The summed E-state index contributed by atoms with van der Waals surface area (Å²) in [4.78, 5) is 40.5. The van der Waals surface area contributed by atoms with Gasteiger partial charge in [0, 0.05) is 37.0 Å². The SMILES string of the molecule is CCC(Sc1cccc(NC(=O)/C(=C\c2ccc(OC)cc2OC)NC(=O)c2ccccc2)c1)C(=O)Nc1ccc(I)cc1. The van der Waals surface area contributed by atoms with Crippen LogP contribution >= 0.6 is 34.4 Å². The van der Waals surface area contributed by atoms with Crippen molar-refractivity contribution in [3.8, 4) is 11.5 Å². The van der Waals surface area contributed by atoms with Gasteiger partial charge in [0.25, 0.3) is 11.8 Å². The number of carbonyl (C=O) groups excluding carboxylic acids is 3. The van der Waals surface area contributed by atoms with Crippen LogP contribution in [0.3, 0.4) is 0 Å². The maximum absolute atomic E-state index is 13.6. The highest BCUT2D eigenvalue weighted by Crippen LogP contribution is 2.30. The molecule has 0 heterocycles. The fraction of sp³-hybridized carbons (Fsp3) is 0.147. The Labute approximate surface area is 274 Å². The molecule has 0 saturated heterocycles. The van der Waals surface area contributed by atoms with E-state index in [9.17, 15) is 14.4 Å². The number of anilines is 2. The molecule has 0 aliphatic heterocycles. The number of nitrogens with one attached hydrogen (secondary N) is 3. The van der Waals surface area contributed by atoms with Gasteiger partial charge in [0.2, 0.25) is 5.91 Å². The number of methoxy groups -OCH3 is 2. The third-order valence-electron chi connectivity index (χ3n) is 6.41. The maximum atomic E-state index is 13.6. The molecule has 1 unspecified atom stereocenters. The predicted octanol–water partition coefficient (Wildman–Crippen LogP) is 7.23. The highest BCUT2D eigenvalue weighted by atomic mass is 127. The molecule has 1 atom stereocenters. The Morgan fingerprint density at radius 2 is 1.59 bits per heavy atom. The summed E-state index contributed by atoms with van der Waals surface area (Å²) in [6.07, 6.45) is 2.16. The second-order valence-corrected chi connectivity index (χ2v) is 12.0. The van der Waals surface area contributed by atoms with Crippen LogP contribution in [-0.2, 0) is 9.59 Å². The van der Waals surface area contributed by atoms with Crippen molar-refractivity contribution in [1.82, 2.24) is 5.32 Å². The van der Waals surface area contributed by atoms with Crippen molar-refractivity contribution in [2.75, 3.05) is 24.9 Å². The number of amides is 3. The summed E-state index contributed by atoms with van der Waals surface area (Å²) in [5.74, 6) is -0.0108. The molecule has 0 aromatic heterocycles. The Kier molecular flexibility index (Phi) is 11.8. The van der Waals surface area contributed by atoms with Gasteiger partial charge in [-0.2, -0.15) is 0 Å². The van der Waals surface area contributed by atoms with Crippen molar-refractivity contribution in [3.05, 3.63) is 117 Å². The molecule has 4 aromatic rings. The zero-order valence-electron chi connectivity index (χ0n) is 24.4. The van der Waals surface area contributed by atoms with E-state index in [1.807, 2.05) is 43.3 Å². The zero-order valence-corrected chi connectivity index (χ0v) is 27.4. The van der Waals surface area contributed by atoms with Crippen LogP contribution < -0.4 is 25.4 Å². The first kappa shape index (κ1) is 32.6. The standard InChI is InChI=1S/C34H32IN3O5S/c1-4-31(34(41)36-25-16-14-24(35)15-17-25)44-28-12-8-11-26(20-28)37-33(40)29(38-32(39)22-9-6-5-7-10-22)19-23-13-18-27(42-2)21-30(23)43-3/h5-21,31H,4H2,1-3H3,(H,36,41)(H,37,40)(H,38,39)/b29-19+. The first-order valence-electron chi connectivity index (χ1n) is 13.7. The van der Waals surface area contributed by atoms with Crippen molar-refractivity contribution < 1.29 is 23.9 Å². The molecule has 0 bridgehead atoms. The van der Waals surface area contributed by atoms with Crippen LogP contribution in [0, 0.1) is 3.57 Å². The second-order valence-electron chi connectivity index (χ2n) is 9.48. The van der Waals surface area contributed by atoms with E-state index >= 15 is 0 Å². The number of hydrogen-bond acceptors (Lipinski definition) is 6. The van der Waals surface area contributed by atoms with Crippen LogP contribution in [-0.4, -0.2) is 37.2 Å². The van der Waals surface area contributed by atoms with Crippen LogP contribution in [0.1, 0.15) is 29.3 Å². The van der Waals surface area contributed by atoms with Gasteiger partial charge in [-0.25, -0.2) is 0 Å². The molecule has 0 fully saturated rings. The second kappa shape index (κ2) is 16.0. The Morgan fingerprint density at radius 3 is 2.27 bits per heavy atom. The number of benzene rings is 4. The molecule has 0 spiro atoms. The molecule has 8 nitrogen and oxygen atoms in total. The van der Waals surface area contributed by atoms with Crippen LogP contribution in [0.4, 0.5) is 11.4 Å². The Hall–Kier alpha value is -4.29. The topological polar surface area (TPSA) is 106 Å². The molecule has 226 valence electrons. The molecular weight excluding hydrogens is 689 g/mol. The molecule has 3 N–H and O–H groups in total. The fourth-order valence-corrected chi connectivity index (χ4v) is 5.50. The number of halogens is 1. The minimum absolute atomic E-state index is 0.0173. The van der Waals surface area contributed by atoms with Gasteiger partial charge < -0.3 is 25.4 Å². The van der Waals surface area contributed by atoms with E-state index < -0.39 is 11.8 Å². The summed E-state index contributed by atoms with van der Waals surface area (Å²) < 4.78 is 11.9. The average molecular weight is 722 g/mol. The first-order chi connectivity index (χ1) is 21.3. The van der Waals surface area contributed by atoms with E-state index in [-0.39, 0.29) is 16.9 Å². The zero-order chi connectivity index (χ0) is 31.5. The van der Waals surface area contributed by atoms with E-state index in [0.717, 1.165) is 14.2 Å². The summed E-state index contributed by atoms with van der Waals surface area (Å²) in [6, 6.07) is 28.7. The lowest BCUT2D eigenvalue weighted by atomic mass is 10.1. The lowest BCUT2D eigenvalue weighted by Gasteiger charge is -2.16. The van der Waals surface area contributed by atoms with Gasteiger partial charge in [-0.05, 0) is 102 Å². The van der Waals surface area contributed by atoms with E-state index in [1.165, 1.54) is 18.9 Å². The fourth-order valence-electron chi connectivity index (χ4n) is 4.12. The normalized spacial score (nSPS) is 11.7. The van der Waals surface area contributed by atoms with Crippen molar-refractivity contribution in [2.45, 2.75) is 23.5 Å². The van der Waals surface area contributed by atoms with Crippen LogP contribution in [0.5, 0.6) is 11.5 Å². The van der Waals surface area contributed by atoms with E-state index in [1.54, 1.807) is 73.8 Å². The lowest BCUT2D eigenvalue weighted by Crippen LogP contribution is -2.30. The van der Waals surface area contributed by atoms with Crippen molar-refractivity contribution in [3.63, 3.8) is 0 Å². The molecular formula is C34H32IN3O5S. The smallest absolute Gasteiger partial charge is 0.272 e. The number of hydrogen-bond donors (Lipinski definition) is 3. The highest BCUT2D eigenvalue weighted by Gasteiger charge is 2.20. The molecule has 0 aliphatic carbocycles. The number of rotatable bonds is 12. The largest absolute Gasteiger partial charge is 0.497 e. The maximum Gasteiger partial charge on any atom is 0.272 e. The lowest BCUT2D eigenvalue weighted by molar-refractivity contribution is -0.116. The van der Waals surface area contributed by atoms with Gasteiger partial charge in [0.15, 0.2) is 0 Å². The molecule has 0 radical (unpaired) electrons. The van der Waals surface area contributed by atoms with Crippen molar-refractivity contribution in [1.29, 1.82) is 0 Å². The number of carbonyl (C=O) groups is 3. The molecule has 3 amide bonds. The van der Waals surface area contributed by atoms with E-state index in [2.05, 4.69) is 38.5 Å². The first-order valence-corrected chi connectivity index (χ1v) is 15.7. The van der Waals surface area contributed by atoms with Gasteiger partial charge in [-0.15, -0.1) is 11.8 Å². The molecule has 4 rings (SSSR count). The van der Waals surface area contributed by atoms with E-state index in [4.69, 9.17) is 9.47 Å². The predicted molar refractivity (Wildman–Crippen MR) is 184 cm³/mol. The summed E-state index contributed by atoms with van der Waals surface area (Å²) in [6.45, 7) is 1.96. The minimum atomic E-state index is -0.530. The molecule has 4 aromatic carbocycles. The highest BCUT2D eigenvalue weighted by molar-refractivity contribution is 14.1. The molecule has 0 saturated carbocycles. The van der Waals surface area contributed by atoms with E-state index in [0.29, 0.717) is 34.7 Å². The quantitative estimate of drug-likeness (QED) is 0.0811. The van der Waals surface area contributed by atoms with Gasteiger partial charge in [0.1, 0.15) is 17.2 Å². The number of ether oxygens (including phenoxy) is 2. The van der Waals surface area contributed by atoms with Gasteiger partial charge in [-0.3, -0.25) is 14.4 Å². The third kappa shape index (κ3) is 9.10. The number of thioether (sulfide) groups is 1. The monoisotopic (exact) mass is 721 g/mol. The third-order valence-corrected chi connectivity index (χ3v) is 8.49. The Morgan fingerprint density at radius 1 is 0.841 bits per heavy atom. The summed E-state index contributed by atoms with van der Waals surface area (Å²) in [5.41, 5.74) is 2.24. The van der Waals surface area contributed by atoms with Crippen molar-refractivity contribution >= 4 is 69.5 Å². The summed E-state index contributed by atoms with van der Waals surface area (Å²) in [5, 5.41) is 8.26. The summed E-state index contributed by atoms with van der Waals surface area (Å²) >= 11 is 3.63. The summed E-state index contributed by atoms with van der Waals surface area (Å²) in [7, 11) is 3.07. The van der Waals surface area contributed by atoms with Gasteiger partial charge >= 0.3 is 0 Å². The Bertz CT molecular complexity index is 1640. The van der Waals surface area contributed by atoms with Gasteiger partial charge in [0.05, 0.1) is 19.5 Å². The van der Waals surface area contributed by atoms with Gasteiger partial charge in [-0.1, -0.05) is 31.2 Å². The van der Waals surface area contributed by atoms with Crippen LogP contribution in [0.15, 0.2) is 108 Å². The molecule has 44 heavy (non-hydrogen) atoms. The minimum Gasteiger partial charge on any atom is -0.497 e. The Balaban J connectivity index is 1.54. The molecule has 10 heteroatoms. The van der Waals surface area contributed by atoms with Crippen molar-refractivity contribution in [2.24, 2.45) is 0 Å². The van der Waals surface area contributed by atoms with Crippen LogP contribution in [0.2, 0.25) is 0 Å². The van der Waals surface area contributed by atoms with Crippen LogP contribution in [0.25, 0.3) is 6.08 Å².